The van der Waals surface area contributed by atoms with E-state index in [0.29, 0.717) is 47.6 Å². The lowest BCUT2D eigenvalue weighted by Gasteiger charge is -2.15. The number of ether oxygens (including phenoxy) is 2. The van der Waals surface area contributed by atoms with Crippen molar-refractivity contribution in [1.82, 2.24) is 5.32 Å². The van der Waals surface area contributed by atoms with Gasteiger partial charge in [0.25, 0.3) is 5.91 Å². The number of hydrogen-bond acceptors (Lipinski definition) is 4. The minimum Gasteiger partial charge on any atom is -0.490 e. The van der Waals surface area contributed by atoms with Crippen molar-refractivity contribution >= 4 is 17.5 Å². The molecule has 0 bridgehead atoms. The van der Waals surface area contributed by atoms with Crippen LogP contribution in [-0.4, -0.2) is 19.1 Å². The van der Waals surface area contributed by atoms with Crippen molar-refractivity contribution < 1.29 is 18.7 Å². The van der Waals surface area contributed by atoms with Gasteiger partial charge in [-0.05, 0) is 37.6 Å². The summed E-state index contributed by atoms with van der Waals surface area (Å²) in [5, 5.41) is 3.14. The van der Waals surface area contributed by atoms with Gasteiger partial charge >= 0.3 is 0 Å². The number of carbonyl (C=O) groups is 1. The van der Waals surface area contributed by atoms with E-state index in [1.54, 1.807) is 30.5 Å². The molecule has 6 heteroatoms. The predicted molar refractivity (Wildman–Crippen MR) is 92.9 cm³/mol. The van der Waals surface area contributed by atoms with E-state index in [1.807, 2.05) is 6.92 Å². The highest BCUT2D eigenvalue weighted by Gasteiger charge is 2.16. The molecule has 0 radical (unpaired) electrons. The van der Waals surface area contributed by atoms with Gasteiger partial charge in [-0.25, -0.2) is 0 Å². The third kappa shape index (κ3) is 4.93. The van der Waals surface area contributed by atoms with Crippen molar-refractivity contribution in [2.75, 3.05) is 13.2 Å². The Morgan fingerprint density at radius 2 is 2.12 bits per heavy atom. The van der Waals surface area contributed by atoms with Crippen molar-refractivity contribution in [2.45, 2.75) is 33.2 Å². The summed E-state index contributed by atoms with van der Waals surface area (Å²) in [6.45, 7) is 5.27. The zero-order valence-electron chi connectivity index (χ0n) is 13.9. The second-order valence-electron chi connectivity index (χ2n) is 5.18. The number of benzene rings is 1. The van der Waals surface area contributed by atoms with Gasteiger partial charge in [0.2, 0.25) is 0 Å². The number of rotatable bonds is 9. The maximum absolute atomic E-state index is 12.3. The van der Waals surface area contributed by atoms with Crippen LogP contribution in [0.4, 0.5) is 0 Å². The Labute approximate surface area is 146 Å². The highest BCUT2D eigenvalue weighted by Crippen LogP contribution is 2.36. The minimum absolute atomic E-state index is 0.255. The number of hydrogen-bond donors (Lipinski definition) is 1. The van der Waals surface area contributed by atoms with Crippen LogP contribution in [0.15, 0.2) is 34.9 Å². The Kier molecular flexibility index (Phi) is 7.00. The lowest BCUT2D eigenvalue weighted by Crippen LogP contribution is -2.22. The molecule has 0 saturated carbocycles. The molecule has 1 aromatic carbocycles. The molecule has 2 rings (SSSR count). The SMILES string of the molecule is CCCCOc1c(Cl)cc(C(=O)NCc2ccco2)cc1OCC. The van der Waals surface area contributed by atoms with E-state index < -0.39 is 0 Å². The van der Waals surface area contributed by atoms with E-state index in [-0.39, 0.29) is 5.91 Å². The van der Waals surface area contributed by atoms with Crippen LogP contribution in [0, 0.1) is 0 Å². The third-order valence-corrected chi connectivity index (χ3v) is 3.60. The molecule has 0 aliphatic heterocycles. The summed E-state index contributed by atoms with van der Waals surface area (Å²) < 4.78 is 16.5. The fraction of sp³-hybridized carbons (Fsp3) is 0.389. The monoisotopic (exact) mass is 351 g/mol. The van der Waals surface area contributed by atoms with Crippen molar-refractivity contribution in [2.24, 2.45) is 0 Å². The van der Waals surface area contributed by atoms with E-state index in [4.69, 9.17) is 25.5 Å². The second kappa shape index (κ2) is 9.23. The molecule has 0 unspecified atom stereocenters. The average Bonchev–Trinajstić information content (AvgIpc) is 3.08. The standard InChI is InChI=1S/C18H22ClNO4/c1-3-5-8-24-17-15(19)10-13(11-16(17)22-4-2)18(21)20-12-14-7-6-9-23-14/h6-7,9-11H,3-5,8,12H2,1-2H3,(H,20,21). The van der Waals surface area contributed by atoms with Crippen LogP contribution in [-0.2, 0) is 6.54 Å². The molecule has 1 amide bonds. The number of halogens is 1. The van der Waals surface area contributed by atoms with Gasteiger partial charge in [-0.1, -0.05) is 24.9 Å². The number of nitrogens with one attached hydrogen (secondary N) is 1. The molecule has 130 valence electrons. The van der Waals surface area contributed by atoms with Gasteiger partial charge < -0.3 is 19.2 Å². The predicted octanol–water partition coefficient (Wildman–Crippen LogP) is 4.44. The van der Waals surface area contributed by atoms with E-state index in [0.717, 1.165) is 12.8 Å². The normalized spacial score (nSPS) is 10.5. The van der Waals surface area contributed by atoms with Gasteiger partial charge in [-0.3, -0.25) is 4.79 Å². The zero-order valence-corrected chi connectivity index (χ0v) is 14.7. The topological polar surface area (TPSA) is 60.7 Å². The van der Waals surface area contributed by atoms with Crippen LogP contribution in [0.5, 0.6) is 11.5 Å². The first-order valence-electron chi connectivity index (χ1n) is 8.05. The molecule has 2 aromatic rings. The lowest BCUT2D eigenvalue weighted by molar-refractivity contribution is 0.0947. The van der Waals surface area contributed by atoms with Crippen LogP contribution in [0.1, 0.15) is 42.8 Å². The summed E-state index contributed by atoms with van der Waals surface area (Å²) in [6.07, 6.45) is 3.51. The molecule has 24 heavy (non-hydrogen) atoms. The van der Waals surface area contributed by atoms with Crippen molar-refractivity contribution in [3.63, 3.8) is 0 Å². The zero-order chi connectivity index (χ0) is 17.4. The maximum Gasteiger partial charge on any atom is 0.251 e. The van der Waals surface area contributed by atoms with Crippen molar-refractivity contribution in [3.05, 3.63) is 46.9 Å². The first-order valence-corrected chi connectivity index (χ1v) is 8.43. The average molecular weight is 352 g/mol. The van der Waals surface area contributed by atoms with E-state index >= 15 is 0 Å². The molecule has 0 aliphatic rings. The van der Waals surface area contributed by atoms with Gasteiger partial charge in [0, 0.05) is 5.56 Å². The molecule has 0 fully saturated rings. The first-order chi connectivity index (χ1) is 11.7. The number of amides is 1. The summed E-state index contributed by atoms with van der Waals surface area (Å²) in [6, 6.07) is 6.80. The van der Waals surface area contributed by atoms with Gasteiger partial charge in [-0.2, -0.15) is 0 Å². The first kappa shape index (κ1) is 18.2. The summed E-state index contributed by atoms with van der Waals surface area (Å²) in [5.41, 5.74) is 0.415. The summed E-state index contributed by atoms with van der Waals surface area (Å²) in [5.74, 6) is 1.38. The summed E-state index contributed by atoms with van der Waals surface area (Å²) in [4.78, 5) is 12.3. The molecular weight excluding hydrogens is 330 g/mol. The highest BCUT2D eigenvalue weighted by molar-refractivity contribution is 6.32. The molecule has 1 heterocycles. The molecule has 1 aromatic heterocycles. The number of carbonyl (C=O) groups excluding carboxylic acids is 1. The highest BCUT2D eigenvalue weighted by atomic mass is 35.5. The molecule has 0 spiro atoms. The van der Waals surface area contributed by atoms with Crippen LogP contribution in [0.25, 0.3) is 0 Å². The maximum atomic E-state index is 12.3. The van der Waals surface area contributed by atoms with Crippen LogP contribution in [0.3, 0.4) is 0 Å². The van der Waals surface area contributed by atoms with E-state index in [1.165, 1.54) is 0 Å². The Balaban J connectivity index is 2.13. The quantitative estimate of drug-likeness (QED) is 0.678. The molecule has 0 atom stereocenters. The number of unbranched alkanes of at least 4 members (excludes halogenated alkanes) is 1. The van der Waals surface area contributed by atoms with Gasteiger partial charge in [0.15, 0.2) is 11.5 Å². The molecular formula is C18H22ClNO4. The van der Waals surface area contributed by atoms with Gasteiger partial charge in [-0.15, -0.1) is 0 Å². The minimum atomic E-state index is -0.255. The fourth-order valence-corrected chi connectivity index (χ4v) is 2.37. The fourth-order valence-electron chi connectivity index (χ4n) is 2.10. The van der Waals surface area contributed by atoms with Crippen LogP contribution < -0.4 is 14.8 Å². The summed E-state index contributed by atoms with van der Waals surface area (Å²) in [7, 11) is 0. The van der Waals surface area contributed by atoms with Gasteiger partial charge in [0.05, 0.1) is 31.0 Å². The van der Waals surface area contributed by atoms with Crippen molar-refractivity contribution in [3.8, 4) is 11.5 Å². The van der Waals surface area contributed by atoms with E-state index in [2.05, 4.69) is 12.2 Å². The molecule has 0 saturated heterocycles. The Morgan fingerprint density at radius 3 is 2.79 bits per heavy atom. The molecule has 1 N–H and O–H groups in total. The summed E-state index contributed by atoms with van der Waals surface area (Å²) >= 11 is 6.29. The lowest BCUT2D eigenvalue weighted by atomic mass is 10.2. The molecule has 5 nitrogen and oxygen atoms in total. The van der Waals surface area contributed by atoms with Crippen LogP contribution >= 0.6 is 11.6 Å². The molecule has 0 aliphatic carbocycles. The smallest absolute Gasteiger partial charge is 0.251 e. The van der Waals surface area contributed by atoms with Crippen molar-refractivity contribution in [1.29, 1.82) is 0 Å². The van der Waals surface area contributed by atoms with Gasteiger partial charge in [0.1, 0.15) is 5.76 Å². The Hall–Kier alpha value is -2.14. The second-order valence-corrected chi connectivity index (χ2v) is 5.59. The number of furan rings is 1. The third-order valence-electron chi connectivity index (χ3n) is 3.32. The Morgan fingerprint density at radius 1 is 1.29 bits per heavy atom. The van der Waals surface area contributed by atoms with Crippen LogP contribution in [0.2, 0.25) is 5.02 Å². The Bertz CT molecular complexity index is 655. The largest absolute Gasteiger partial charge is 0.490 e. The van der Waals surface area contributed by atoms with E-state index in [9.17, 15) is 4.79 Å².